The number of benzene rings is 3. The summed E-state index contributed by atoms with van der Waals surface area (Å²) < 4.78 is 17.0. The summed E-state index contributed by atoms with van der Waals surface area (Å²) >= 11 is 0. The molecule has 2 heterocycles. The van der Waals surface area contributed by atoms with Crippen LogP contribution in [0.4, 0.5) is 0 Å². The van der Waals surface area contributed by atoms with Crippen molar-refractivity contribution in [1.29, 1.82) is 0 Å². The van der Waals surface area contributed by atoms with Crippen molar-refractivity contribution in [2.75, 3.05) is 13.2 Å². The lowest BCUT2D eigenvalue weighted by atomic mass is 9.80. The van der Waals surface area contributed by atoms with Crippen molar-refractivity contribution < 1.29 is 19.0 Å². The summed E-state index contributed by atoms with van der Waals surface area (Å²) in [7, 11) is 0. The molecule has 5 rings (SSSR count). The molecule has 1 fully saturated rings. The van der Waals surface area contributed by atoms with Crippen LogP contribution in [0.5, 0.6) is 5.75 Å². The molecule has 0 spiro atoms. The van der Waals surface area contributed by atoms with Crippen LogP contribution in [-0.4, -0.2) is 25.3 Å². The molecule has 2 aliphatic heterocycles. The van der Waals surface area contributed by atoms with E-state index in [1.165, 1.54) is 0 Å². The van der Waals surface area contributed by atoms with E-state index in [2.05, 4.69) is 0 Å². The van der Waals surface area contributed by atoms with Crippen LogP contribution in [-0.2, 0) is 15.1 Å². The molecule has 3 aromatic rings. The molecule has 2 aliphatic rings. The number of fused-ring (bicyclic) bond motifs is 1. The van der Waals surface area contributed by atoms with Gasteiger partial charge in [0, 0.05) is 16.7 Å². The molecule has 0 radical (unpaired) electrons. The quantitative estimate of drug-likeness (QED) is 0.497. The Kier molecular flexibility index (Phi) is 3.95. The van der Waals surface area contributed by atoms with Crippen LogP contribution >= 0.6 is 0 Å². The highest BCUT2D eigenvalue weighted by molar-refractivity contribution is 5.96. The molecule has 140 valence electrons. The summed E-state index contributed by atoms with van der Waals surface area (Å²) in [5.74, 6) is 0.471. The lowest BCUT2D eigenvalue weighted by Gasteiger charge is -2.30. The molecule has 0 aliphatic carbocycles. The number of aryl methyl sites for hydroxylation is 1. The number of hydrogen-bond acceptors (Lipinski definition) is 4. The number of carbonyl (C=O) groups excluding carboxylic acids is 1. The molecule has 4 heteroatoms. The summed E-state index contributed by atoms with van der Waals surface area (Å²) in [5.41, 5.74) is 3.49. The van der Waals surface area contributed by atoms with E-state index in [0.717, 1.165) is 34.6 Å². The monoisotopic (exact) mass is 372 g/mol. The zero-order chi connectivity index (χ0) is 19.1. The van der Waals surface area contributed by atoms with Crippen molar-refractivity contribution in [2.24, 2.45) is 0 Å². The Balaban J connectivity index is 1.61. The van der Waals surface area contributed by atoms with Crippen LogP contribution in [0.25, 0.3) is 0 Å². The van der Waals surface area contributed by atoms with Gasteiger partial charge in [-0.1, -0.05) is 60.2 Å². The fraction of sp³-hybridized carbons (Fsp3) is 0.208. The van der Waals surface area contributed by atoms with Crippen molar-refractivity contribution in [3.8, 4) is 5.75 Å². The molecule has 0 amide bonds. The highest BCUT2D eigenvalue weighted by Crippen LogP contribution is 2.47. The topological polar surface area (TPSA) is 48.1 Å². The predicted octanol–water partition coefficient (Wildman–Crippen LogP) is 4.23. The first-order chi connectivity index (χ1) is 13.7. The number of esters is 1. The van der Waals surface area contributed by atoms with E-state index < -0.39 is 5.60 Å². The van der Waals surface area contributed by atoms with E-state index >= 15 is 0 Å². The largest absolute Gasteiger partial charge is 0.491 e. The van der Waals surface area contributed by atoms with Gasteiger partial charge < -0.3 is 14.2 Å². The zero-order valence-electron chi connectivity index (χ0n) is 15.6. The van der Waals surface area contributed by atoms with Gasteiger partial charge in [0.2, 0.25) is 0 Å². The third kappa shape index (κ3) is 2.77. The minimum atomic E-state index is -0.959. The highest BCUT2D eigenvalue weighted by atomic mass is 16.6. The second kappa shape index (κ2) is 6.50. The number of epoxide rings is 1. The molecule has 2 unspecified atom stereocenters. The maximum atomic E-state index is 12.7. The van der Waals surface area contributed by atoms with E-state index in [0.29, 0.717) is 12.2 Å². The number of carbonyl (C=O) groups is 1. The lowest BCUT2D eigenvalue weighted by Crippen LogP contribution is -2.29. The van der Waals surface area contributed by atoms with Gasteiger partial charge in [-0.25, -0.2) is 4.79 Å². The Morgan fingerprint density at radius 2 is 1.61 bits per heavy atom. The van der Waals surface area contributed by atoms with Crippen molar-refractivity contribution >= 4 is 5.97 Å². The van der Waals surface area contributed by atoms with Gasteiger partial charge in [0.05, 0.1) is 12.2 Å². The van der Waals surface area contributed by atoms with Crippen molar-refractivity contribution in [1.82, 2.24) is 0 Å². The van der Waals surface area contributed by atoms with Gasteiger partial charge in [-0.3, -0.25) is 0 Å². The molecule has 0 N–H and O–H groups in total. The highest BCUT2D eigenvalue weighted by Gasteiger charge is 2.48. The third-order valence-electron chi connectivity index (χ3n) is 5.33. The first-order valence-electron chi connectivity index (χ1n) is 9.42. The average Bonchev–Trinajstić information content (AvgIpc) is 3.51. The van der Waals surface area contributed by atoms with Crippen molar-refractivity contribution in [2.45, 2.75) is 18.6 Å². The Hall–Kier alpha value is -3.11. The first kappa shape index (κ1) is 17.0. The number of rotatable bonds is 5. The van der Waals surface area contributed by atoms with E-state index in [4.69, 9.17) is 14.2 Å². The molecule has 0 aromatic heterocycles. The molecule has 0 saturated carbocycles. The van der Waals surface area contributed by atoms with E-state index in [9.17, 15) is 4.79 Å². The van der Waals surface area contributed by atoms with Crippen molar-refractivity contribution in [3.05, 3.63) is 101 Å². The Morgan fingerprint density at radius 1 is 0.964 bits per heavy atom. The van der Waals surface area contributed by atoms with Crippen LogP contribution in [0.15, 0.2) is 72.8 Å². The summed E-state index contributed by atoms with van der Waals surface area (Å²) in [6, 6.07) is 23.5. The standard InChI is InChI=1S/C24H20O4/c1-16-6-8-17(9-7-16)24(22-5-3-2-4-21(22)23(25)28-24)18-10-12-19(13-11-18)26-14-20-15-27-20/h2-13,20H,14-15H2,1H3. The second-order valence-electron chi connectivity index (χ2n) is 7.27. The Morgan fingerprint density at radius 3 is 2.29 bits per heavy atom. The smallest absolute Gasteiger partial charge is 0.340 e. The molecule has 2 atom stereocenters. The van der Waals surface area contributed by atoms with Gasteiger partial charge in [0.1, 0.15) is 18.5 Å². The van der Waals surface area contributed by atoms with Gasteiger partial charge in [0.15, 0.2) is 5.60 Å². The third-order valence-corrected chi connectivity index (χ3v) is 5.33. The van der Waals surface area contributed by atoms with Crippen LogP contribution in [0.2, 0.25) is 0 Å². The van der Waals surface area contributed by atoms with Crippen LogP contribution in [0.3, 0.4) is 0 Å². The van der Waals surface area contributed by atoms with E-state index in [1.807, 2.05) is 79.7 Å². The Bertz CT molecular complexity index is 1020. The predicted molar refractivity (Wildman–Crippen MR) is 105 cm³/mol. The van der Waals surface area contributed by atoms with Crippen LogP contribution in [0.1, 0.15) is 32.6 Å². The molecule has 1 saturated heterocycles. The van der Waals surface area contributed by atoms with Gasteiger partial charge in [-0.05, 0) is 25.1 Å². The minimum Gasteiger partial charge on any atom is -0.491 e. The van der Waals surface area contributed by atoms with Crippen LogP contribution in [0, 0.1) is 6.92 Å². The summed E-state index contributed by atoms with van der Waals surface area (Å²) in [4.78, 5) is 12.7. The van der Waals surface area contributed by atoms with Gasteiger partial charge in [-0.15, -0.1) is 0 Å². The number of cyclic esters (lactones) is 1. The van der Waals surface area contributed by atoms with E-state index in [1.54, 1.807) is 0 Å². The number of ether oxygens (including phenoxy) is 3. The van der Waals surface area contributed by atoms with Gasteiger partial charge in [-0.2, -0.15) is 0 Å². The average molecular weight is 372 g/mol. The first-order valence-corrected chi connectivity index (χ1v) is 9.42. The molecular weight excluding hydrogens is 352 g/mol. The maximum absolute atomic E-state index is 12.7. The number of hydrogen-bond donors (Lipinski definition) is 0. The molecule has 4 nitrogen and oxygen atoms in total. The summed E-state index contributed by atoms with van der Waals surface area (Å²) in [5, 5.41) is 0. The lowest BCUT2D eigenvalue weighted by molar-refractivity contribution is 0.0251. The second-order valence-corrected chi connectivity index (χ2v) is 7.27. The molecule has 0 bridgehead atoms. The van der Waals surface area contributed by atoms with E-state index in [-0.39, 0.29) is 12.1 Å². The zero-order valence-corrected chi connectivity index (χ0v) is 15.6. The van der Waals surface area contributed by atoms with Gasteiger partial charge >= 0.3 is 5.97 Å². The summed E-state index contributed by atoms with van der Waals surface area (Å²) in [6.45, 7) is 3.36. The summed E-state index contributed by atoms with van der Waals surface area (Å²) in [6.07, 6.45) is 0.209. The SMILES string of the molecule is Cc1ccc(C2(c3ccc(OCC4CO4)cc3)OC(=O)c3ccccc32)cc1. The Labute approximate surface area is 163 Å². The van der Waals surface area contributed by atoms with Crippen LogP contribution < -0.4 is 4.74 Å². The van der Waals surface area contributed by atoms with Crippen molar-refractivity contribution in [3.63, 3.8) is 0 Å². The molecule has 3 aromatic carbocycles. The maximum Gasteiger partial charge on any atom is 0.340 e. The fourth-order valence-corrected chi connectivity index (χ4v) is 3.74. The van der Waals surface area contributed by atoms with Gasteiger partial charge in [0.25, 0.3) is 0 Å². The fourth-order valence-electron chi connectivity index (χ4n) is 3.74. The molecule has 28 heavy (non-hydrogen) atoms. The molecular formula is C24H20O4. The minimum absolute atomic E-state index is 0.209. The normalized spacial score (nSPS) is 22.5.